The number of rotatable bonds is 2. The Morgan fingerprint density at radius 2 is 2.57 bits per heavy atom. The van der Waals surface area contributed by atoms with Gasteiger partial charge in [-0.1, -0.05) is 0 Å². The average molecular weight is 196 g/mol. The molecule has 1 N–H and O–H groups in total. The third-order valence-corrected chi connectivity index (χ3v) is 2.43. The Bertz CT molecular complexity index is 353. The van der Waals surface area contributed by atoms with E-state index in [2.05, 4.69) is 5.10 Å². The summed E-state index contributed by atoms with van der Waals surface area (Å²) in [5, 5.41) is 13.0. The van der Waals surface area contributed by atoms with Crippen molar-refractivity contribution in [1.29, 1.82) is 0 Å². The molecule has 1 aliphatic heterocycles. The molecule has 14 heavy (non-hydrogen) atoms. The zero-order valence-corrected chi connectivity index (χ0v) is 7.93. The number of ether oxygens (including phenoxy) is 1. The van der Waals surface area contributed by atoms with Crippen molar-refractivity contribution in [2.24, 2.45) is 0 Å². The minimum absolute atomic E-state index is 0.196. The fourth-order valence-electron chi connectivity index (χ4n) is 1.61. The van der Waals surface area contributed by atoms with Crippen molar-refractivity contribution < 1.29 is 14.6 Å². The van der Waals surface area contributed by atoms with E-state index in [9.17, 15) is 4.79 Å². The van der Waals surface area contributed by atoms with Crippen LogP contribution in [0.3, 0.4) is 0 Å². The highest BCUT2D eigenvalue weighted by Gasteiger charge is 2.21. The second-order valence-corrected chi connectivity index (χ2v) is 3.43. The van der Waals surface area contributed by atoms with Crippen LogP contribution in [0, 0.1) is 6.92 Å². The first-order chi connectivity index (χ1) is 6.68. The Labute approximate surface area is 81.3 Å². The molecule has 0 aromatic carbocycles. The van der Waals surface area contributed by atoms with Gasteiger partial charge in [-0.25, -0.2) is 4.79 Å². The summed E-state index contributed by atoms with van der Waals surface area (Å²) >= 11 is 0. The van der Waals surface area contributed by atoms with Gasteiger partial charge >= 0.3 is 5.97 Å². The molecule has 0 amide bonds. The van der Waals surface area contributed by atoms with Gasteiger partial charge in [-0.2, -0.15) is 5.10 Å². The highest BCUT2D eigenvalue weighted by atomic mass is 16.5. The topological polar surface area (TPSA) is 64.4 Å². The molecule has 0 radical (unpaired) electrons. The van der Waals surface area contributed by atoms with E-state index in [4.69, 9.17) is 9.84 Å². The van der Waals surface area contributed by atoms with E-state index >= 15 is 0 Å². The second kappa shape index (κ2) is 3.42. The maximum atomic E-state index is 10.8. The molecule has 0 bridgehead atoms. The van der Waals surface area contributed by atoms with Crippen molar-refractivity contribution in [2.45, 2.75) is 19.4 Å². The van der Waals surface area contributed by atoms with Crippen LogP contribution in [0.5, 0.6) is 0 Å². The SMILES string of the molecule is Cc1nn([C@H]2CCOC2)cc1C(=O)O. The summed E-state index contributed by atoms with van der Waals surface area (Å²) in [6, 6.07) is 0.196. The van der Waals surface area contributed by atoms with E-state index in [0.29, 0.717) is 12.3 Å². The van der Waals surface area contributed by atoms with Crippen molar-refractivity contribution >= 4 is 5.97 Å². The average Bonchev–Trinajstić information content (AvgIpc) is 2.70. The zero-order valence-electron chi connectivity index (χ0n) is 7.93. The molecule has 0 saturated carbocycles. The number of carboxylic acids is 1. The first kappa shape index (κ1) is 9.21. The minimum atomic E-state index is -0.923. The Hall–Kier alpha value is -1.36. The van der Waals surface area contributed by atoms with Crippen molar-refractivity contribution in [3.8, 4) is 0 Å². The smallest absolute Gasteiger partial charge is 0.339 e. The van der Waals surface area contributed by atoms with Gasteiger partial charge in [0.2, 0.25) is 0 Å². The normalized spacial score (nSPS) is 21.4. The van der Waals surface area contributed by atoms with Gasteiger partial charge in [0, 0.05) is 12.8 Å². The van der Waals surface area contributed by atoms with E-state index in [-0.39, 0.29) is 11.6 Å². The van der Waals surface area contributed by atoms with Crippen LogP contribution < -0.4 is 0 Å². The van der Waals surface area contributed by atoms with Gasteiger partial charge in [-0.05, 0) is 13.3 Å². The molecule has 1 saturated heterocycles. The Kier molecular flexibility index (Phi) is 2.25. The largest absolute Gasteiger partial charge is 0.478 e. The molecular weight excluding hydrogens is 184 g/mol. The quantitative estimate of drug-likeness (QED) is 0.761. The number of aromatic nitrogens is 2. The molecule has 0 spiro atoms. The first-order valence-corrected chi connectivity index (χ1v) is 4.55. The molecule has 5 nitrogen and oxygen atoms in total. The number of hydrogen-bond acceptors (Lipinski definition) is 3. The summed E-state index contributed by atoms with van der Waals surface area (Å²) in [4.78, 5) is 10.8. The third kappa shape index (κ3) is 1.50. The summed E-state index contributed by atoms with van der Waals surface area (Å²) in [7, 11) is 0. The summed E-state index contributed by atoms with van der Waals surface area (Å²) in [5.41, 5.74) is 0.835. The van der Waals surface area contributed by atoms with Gasteiger partial charge in [-0.3, -0.25) is 4.68 Å². The number of aromatic carboxylic acids is 1. The van der Waals surface area contributed by atoms with Gasteiger partial charge in [0.1, 0.15) is 5.56 Å². The molecule has 1 aliphatic rings. The number of aryl methyl sites for hydroxylation is 1. The Morgan fingerprint density at radius 1 is 1.79 bits per heavy atom. The maximum absolute atomic E-state index is 10.8. The molecule has 0 unspecified atom stereocenters. The van der Waals surface area contributed by atoms with Crippen molar-refractivity contribution in [3.05, 3.63) is 17.5 Å². The van der Waals surface area contributed by atoms with Gasteiger partial charge in [-0.15, -0.1) is 0 Å². The summed E-state index contributed by atoms with van der Waals surface area (Å²) in [5.74, 6) is -0.923. The van der Waals surface area contributed by atoms with Crippen LogP contribution in [-0.2, 0) is 4.74 Å². The molecule has 1 fully saturated rings. The predicted molar refractivity (Wildman–Crippen MR) is 48.4 cm³/mol. The molecular formula is C9H12N2O3. The lowest BCUT2D eigenvalue weighted by Gasteiger charge is -2.06. The van der Waals surface area contributed by atoms with Crippen LogP contribution in [-0.4, -0.2) is 34.1 Å². The van der Waals surface area contributed by atoms with Crippen LogP contribution >= 0.6 is 0 Å². The monoisotopic (exact) mass is 196 g/mol. The van der Waals surface area contributed by atoms with E-state index in [1.165, 1.54) is 0 Å². The lowest BCUT2D eigenvalue weighted by molar-refractivity contribution is 0.0696. The molecule has 5 heteroatoms. The van der Waals surface area contributed by atoms with E-state index in [0.717, 1.165) is 13.0 Å². The lowest BCUT2D eigenvalue weighted by atomic mass is 10.2. The fraction of sp³-hybridized carbons (Fsp3) is 0.556. The lowest BCUT2D eigenvalue weighted by Crippen LogP contribution is -2.09. The van der Waals surface area contributed by atoms with Crippen LogP contribution in [0.2, 0.25) is 0 Å². The second-order valence-electron chi connectivity index (χ2n) is 3.43. The van der Waals surface area contributed by atoms with Crippen molar-refractivity contribution in [3.63, 3.8) is 0 Å². The first-order valence-electron chi connectivity index (χ1n) is 4.55. The van der Waals surface area contributed by atoms with Crippen LogP contribution in [0.4, 0.5) is 0 Å². The Morgan fingerprint density at radius 3 is 3.07 bits per heavy atom. The number of carbonyl (C=O) groups is 1. The summed E-state index contributed by atoms with van der Waals surface area (Å²) in [6.45, 7) is 3.06. The number of carboxylic acid groups (broad SMARTS) is 1. The van der Waals surface area contributed by atoms with Crippen LogP contribution in [0.1, 0.15) is 28.5 Å². The van der Waals surface area contributed by atoms with E-state index in [1.807, 2.05) is 0 Å². The van der Waals surface area contributed by atoms with Gasteiger partial charge in [0.25, 0.3) is 0 Å². The number of hydrogen-bond donors (Lipinski definition) is 1. The summed E-state index contributed by atoms with van der Waals surface area (Å²) in [6.07, 6.45) is 2.48. The molecule has 1 aromatic heterocycles. The molecule has 1 atom stereocenters. The predicted octanol–water partition coefficient (Wildman–Crippen LogP) is 0.851. The van der Waals surface area contributed by atoms with Gasteiger partial charge in [0.05, 0.1) is 18.3 Å². The molecule has 1 aromatic rings. The maximum Gasteiger partial charge on any atom is 0.339 e. The van der Waals surface area contributed by atoms with Crippen LogP contribution in [0.25, 0.3) is 0 Å². The standard InChI is InChI=1S/C9H12N2O3/c1-6-8(9(12)13)4-11(10-6)7-2-3-14-5-7/h4,7H,2-3,5H2,1H3,(H,12,13)/t7-/m0/s1. The molecule has 76 valence electrons. The van der Waals surface area contributed by atoms with E-state index in [1.54, 1.807) is 17.8 Å². The van der Waals surface area contributed by atoms with Crippen molar-refractivity contribution in [1.82, 2.24) is 9.78 Å². The van der Waals surface area contributed by atoms with Gasteiger partial charge < -0.3 is 9.84 Å². The zero-order chi connectivity index (χ0) is 10.1. The van der Waals surface area contributed by atoms with Crippen LogP contribution in [0.15, 0.2) is 6.20 Å². The van der Waals surface area contributed by atoms with Gasteiger partial charge in [0.15, 0.2) is 0 Å². The third-order valence-electron chi connectivity index (χ3n) is 2.43. The molecule has 2 rings (SSSR count). The minimum Gasteiger partial charge on any atom is -0.478 e. The molecule has 0 aliphatic carbocycles. The van der Waals surface area contributed by atoms with Crippen molar-refractivity contribution in [2.75, 3.05) is 13.2 Å². The summed E-state index contributed by atoms with van der Waals surface area (Å²) < 4.78 is 6.91. The van der Waals surface area contributed by atoms with E-state index < -0.39 is 5.97 Å². The Balaban J connectivity index is 2.27. The highest BCUT2D eigenvalue weighted by Crippen LogP contribution is 2.19. The highest BCUT2D eigenvalue weighted by molar-refractivity contribution is 5.88. The number of nitrogens with zero attached hydrogens (tertiary/aromatic N) is 2. The molecule has 2 heterocycles. The fourth-order valence-corrected chi connectivity index (χ4v) is 1.61.